The fourth-order valence-electron chi connectivity index (χ4n) is 11.2. The summed E-state index contributed by atoms with van der Waals surface area (Å²) in [6.07, 6.45) is -12.1. The molecule has 0 saturated carbocycles. The van der Waals surface area contributed by atoms with E-state index in [0.717, 1.165) is 62.6 Å². The second-order valence-electron chi connectivity index (χ2n) is 23.4. The Bertz CT molecular complexity index is 3170. The van der Waals surface area contributed by atoms with Crippen molar-refractivity contribution in [1.29, 1.82) is 0 Å². The van der Waals surface area contributed by atoms with Crippen molar-refractivity contribution < 1.29 is 104 Å². The molecule has 0 unspecified atom stereocenters. The van der Waals surface area contributed by atoms with Crippen LogP contribution in [0.2, 0.25) is 15.1 Å². The van der Waals surface area contributed by atoms with Crippen LogP contribution in [-0.2, 0) is 52.5 Å². The molecule has 96 heavy (non-hydrogen) atoms. The SMILES string of the molecule is CCOc1ccc(Cc2cc([C@@H]3O[C@H](CC)[C@@H](C)[C@H](OC(C)=O)[C@H]3OC(C)=O)ccc2Cl)cc1.CCOc1ccc(Cc2cc([C@@H]3O[C@H](CO)[C@@H](O)[C@H](O)[C@H]3O)ccc2Cl)cc1.CCOc1ccc(Cc2cc([C@@H]3O[C@H](CO)[C@@H](O)[C@H](O)[C@H]3O)ccc2Cl)cc1.C[C@H](O)CO.O. The molecule has 3 aliphatic heterocycles. The van der Waals surface area contributed by atoms with Crippen LogP contribution in [0.15, 0.2) is 127 Å². The summed E-state index contributed by atoms with van der Waals surface area (Å²) >= 11 is 19.2. The van der Waals surface area contributed by atoms with Crippen molar-refractivity contribution in [2.45, 2.75) is 173 Å². The lowest BCUT2D eigenvalue weighted by atomic mass is 9.84. The number of esters is 2. The van der Waals surface area contributed by atoms with Gasteiger partial charge in [0, 0.05) is 34.8 Å². The minimum absolute atomic E-state index is 0. The van der Waals surface area contributed by atoms with Gasteiger partial charge in [-0.3, -0.25) is 9.59 Å². The number of hydrogen-bond donors (Lipinski definition) is 10. The second-order valence-corrected chi connectivity index (χ2v) is 24.6. The third-order valence-corrected chi connectivity index (χ3v) is 17.3. The van der Waals surface area contributed by atoms with Gasteiger partial charge >= 0.3 is 11.9 Å². The molecule has 0 spiro atoms. The molecule has 21 nitrogen and oxygen atoms in total. The van der Waals surface area contributed by atoms with E-state index in [1.54, 1.807) is 24.3 Å². The average molecular weight is 1400 g/mol. The zero-order valence-corrected chi connectivity index (χ0v) is 57.4. The van der Waals surface area contributed by atoms with Gasteiger partial charge in [-0.25, -0.2) is 0 Å². The monoisotopic (exact) mass is 1400 g/mol. The van der Waals surface area contributed by atoms with Crippen LogP contribution in [0.5, 0.6) is 17.2 Å². The summed E-state index contributed by atoms with van der Waals surface area (Å²) < 4.78 is 45.4. The first-order valence-corrected chi connectivity index (χ1v) is 32.9. The van der Waals surface area contributed by atoms with E-state index >= 15 is 0 Å². The summed E-state index contributed by atoms with van der Waals surface area (Å²) in [6.45, 7) is 14.8. The van der Waals surface area contributed by atoms with Gasteiger partial charge in [0.15, 0.2) is 6.10 Å². The molecule has 9 rings (SSSR count). The van der Waals surface area contributed by atoms with Crippen molar-refractivity contribution in [1.82, 2.24) is 0 Å². The fraction of sp³-hybridized carbons (Fsp3) is 0.472. The van der Waals surface area contributed by atoms with Crippen LogP contribution in [-0.4, -0.2) is 181 Å². The van der Waals surface area contributed by atoms with Gasteiger partial charge in [0.1, 0.15) is 90.5 Å². The topological polar surface area (TPSA) is 342 Å². The van der Waals surface area contributed by atoms with Gasteiger partial charge in [-0.1, -0.05) is 121 Å². The molecular formula is C72H93Cl3O21. The van der Waals surface area contributed by atoms with Gasteiger partial charge in [-0.15, -0.1) is 0 Å². The lowest BCUT2D eigenvalue weighted by molar-refractivity contribution is -0.231. The Balaban J connectivity index is 0.000000251. The van der Waals surface area contributed by atoms with E-state index in [4.69, 9.17) is 82.9 Å². The molecule has 3 fully saturated rings. The number of rotatable bonds is 21. The van der Waals surface area contributed by atoms with Crippen LogP contribution in [0.4, 0.5) is 0 Å². The molecule has 0 radical (unpaired) electrons. The molecule has 0 bridgehead atoms. The molecule has 3 saturated heterocycles. The highest BCUT2D eigenvalue weighted by atomic mass is 35.5. The van der Waals surface area contributed by atoms with Gasteiger partial charge in [-0.2, -0.15) is 0 Å². The van der Waals surface area contributed by atoms with Gasteiger partial charge in [0.25, 0.3) is 0 Å². The third kappa shape index (κ3) is 22.5. The molecule has 0 amide bonds. The summed E-state index contributed by atoms with van der Waals surface area (Å²) in [5.74, 6) is 1.41. The van der Waals surface area contributed by atoms with Gasteiger partial charge < -0.3 is 94.4 Å². The maximum Gasteiger partial charge on any atom is 0.303 e. The average Bonchev–Trinajstić information content (AvgIpc) is 0.790. The minimum atomic E-state index is -1.42. The number of aliphatic hydroxyl groups excluding tert-OH is 10. The largest absolute Gasteiger partial charge is 0.494 e. The summed E-state index contributed by atoms with van der Waals surface area (Å²) in [5, 5.41) is 97.2. The highest BCUT2D eigenvalue weighted by molar-refractivity contribution is 6.32. The van der Waals surface area contributed by atoms with Gasteiger partial charge in [0.2, 0.25) is 0 Å². The van der Waals surface area contributed by atoms with Crippen LogP contribution in [0.1, 0.15) is 130 Å². The van der Waals surface area contributed by atoms with Crippen molar-refractivity contribution in [3.05, 3.63) is 193 Å². The first-order valence-electron chi connectivity index (χ1n) is 31.8. The van der Waals surface area contributed by atoms with Crippen molar-refractivity contribution in [2.24, 2.45) is 5.92 Å². The van der Waals surface area contributed by atoms with Crippen LogP contribution in [0.3, 0.4) is 0 Å². The predicted octanol–water partition coefficient (Wildman–Crippen LogP) is 7.90. The smallest absolute Gasteiger partial charge is 0.303 e. The van der Waals surface area contributed by atoms with E-state index in [1.807, 2.05) is 138 Å². The molecule has 0 aliphatic carbocycles. The summed E-state index contributed by atoms with van der Waals surface area (Å²) in [4.78, 5) is 23.8. The Hall–Kier alpha value is -6.03. The number of hydrogen-bond acceptors (Lipinski definition) is 20. The summed E-state index contributed by atoms with van der Waals surface area (Å²) in [5.41, 5.74) is 7.79. The van der Waals surface area contributed by atoms with Crippen molar-refractivity contribution >= 4 is 46.7 Å². The second kappa shape index (κ2) is 39.5. The summed E-state index contributed by atoms with van der Waals surface area (Å²) in [6, 6.07) is 39.5. The molecule has 528 valence electrons. The number of carbonyl (C=O) groups excluding carboxylic acids is 2. The molecule has 0 aromatic heterocycles. The first kappa shape index (κ1) is 80.7. The first-order chi connectivity index (χ1) is 45.4. The van der Waals surface area contributed by atoms with E-state index in [2.05, 4.69) is 0 Å². The van der Waals surface area contributed by atoms with E-state index in [9.17, 15) is 50.4 Å². The zero-order valence-electron chi connectivity index (χ0n) is 55.1. The quantitative estimate of drug-likeness (QED) is 0.0306. The molecule has 3 aliphatic rings. The molecular weight excluding hydrogens is 1310 g/mol. The standard InChI is InChI=1S/C27H33ClO6.2C21H25ClO6.C3H8O2.H2O/c1-6-24-16(3)25(32-17(4)29)27(33-18(5)30)26(34-24)20-10-13-23(28)21(15-20)14-19-8-11-22(12-9-19)31-7-2;2*1-2-27-15-6-3-12(4-7-15)9-14-10-13(5-8-16(14)22)21-20(26)19(25)18(24)17(11-23)28-21;1-3(5)2-4;/h8-13,15-16,24-27H,6-7,14H2,1-5H3;2*3-8,10,17-21,23-26H,2,9,11H2,1H3;3-5H,2H2,1H3;1H2/t16-,24-,25+,26+,27-;2*17-,18-,19+,20-,21+;3-;/m1110./s1. The molecule has 12 N–H and O–H groups in total. The molecule has 6 aromatic rings. The van der Waals surface area contributed by atoms with Crippen molar-refractivity contribution in [2.75, 3.05) is 39.6 Å². The lowest BCUT2D eigenvalue weighted by Crippen LogP contribution is -2.55. The van der Waals surface area contributed by atoms with E-state index < -0.39 is 111 Å². The van der Waals surface area contributed by atoms with Crippen LogP contribution >= 0.6 is 34.8 Å². The van der Waals surface area contributed by atoms with Crippen LogP contribution in [0.25, 0.3) is 0 Å². The number of benzene rings is 6. The Morgan fingerprint density at radius 3 is 1.04 bits per heavy atom. The molecule has 16 atom stereocenters. The van der Waals surface area contributed by atoms with Crippen LogP contribution in [0, 0.1) is 5.92 Å². The van der Waals surface area contributed by atoms with E-state index in [-0.39, 0.29) is 24.1 Å². The van der Waals surface area contributed by atoms with E-state index in [0.29, 0.717) is 65.3 Å². The Morgan fingerprint density at radius 2 is 0.760 bits per heavy atom. The van der Waals surface area contributed by atoms with Crippen molar-refractivity contribution in [3.8, 4) is 17.2 Å². The number of aliphatic hydroxyl groups is 10. The fourth-order valence-corrected chi connectivity index (χ4v) is 11.8. The highest BCUT2D eigenvalue weighted by Crippen LogP contribution is 2.42. The Kier molecular flexibility index (Phi) is 33.2. The minimum Gasteiger partial charge on any atom is -0.494 e. The van der Waals surface area contributed by atoms with Gasteiger partial charge in [-0.05, 0) is 158 Å². The maximum atomic E-state index is 12.0. The highest BCUT2D eigenvalue weighted by Gasteiger charge is 2.49. The maximum absolute atomic E-state index is 12.0. The van der Waals surface area contributed by atoms with Crippen LogP contribution < -0.4 is 14.2 Å². The van der Waals surface area contributed by atoms with Crippen molar-refractivity contribution in [3.63, 3.8) is 0 Å². The zero-order chi connectivity index (χ0) is 69.6. The third-order valence-electron chi connectivity index (χ3n) is 16.2. The molecule has 3 heterocycles. The number of ether oxygens (including phenoxy) is 8. The molecule has 6 aromatic carbocycles. The predicted molar refractivity (Wildman–Crippen MR) is 362 cm³/mol. The normalized spacial score (nSPS) is 25.5. The van der Waals surface area contributed by atoms with E-state index in [1.165, 1.54) is 20.8 Å². The van der Waals surface area contributed by atoms with Gasteiger partial charge in [0.05, 0.1) is 51.8 Å². The summed E-state index contributed by atoms with van der Waals surface area (Å²) in [7, 11) is 0. The number of halogens is 3. The molecule has 24 heteroatoms. The Labute approximate surface area is 575 Å². The Morgan fingerprint density at radius 1 is 0.458 bits per heavy atom. The lowest BCUT2D eigenvalue weighted by Gasteiger charge is -2.44. The number of carbonyl (C=O) groups is 2.